The summed E-state index contributed by atoms with van der Waals surface area (Å²) in [5.74, 6) is 0.743. The molecule has 110 valence electrons. The molecule has 2 aliphatic rings. The van der Waals surface area contributed by atoms with E-state index in [0.717, 1.165) is 36.6 Å². The molecule has 3 heterocycles. The third kappa shape index (κ3) is 2.51. The number of rotatable bonds is 2. The van der Waals surface area contributed by atoms with Crippen LogP contribution in [0.4, 0.5) is 5.69 Å². The Bertz CT molecular complexity index is 689. The molecular formula is C15H17ClN4O. The third-order valence-corrected chi connectivity index (χ3v) is 4.66. The first-order valence-electron chi connectivity index (χ1n) is 7.34. The van der Waals surface area contributed by atoms with Gasteiger partial charge in [-0.15, -0.1) is 0 Å². The van der Waals surface area contributed by atoms with Gasteiger partial charge in [0.15, 0.2) is 5.65 Å². The quantitative estimate of drug-likeness (QED) is 0.890. The van der Waals surface area contributed by atoms with E-state index in [1.54, 1.807) is 0 Å². The predicted molar refractivity (Wildman–Crippen MR) is 82.9 cm³/mol. The molecule has 2 aromatic heterocycles. The second-order valence-corrected chi connectivity index (χ2v) is 6.28. The Morgan fingerprint density at radius 2 is 2.19 bits per heavy atom. The number of aromatic nitrogens is 2. The van der Waals surface area contributed by atoms with E-state index in [-0.39, 0.29) is 5.88 Å². The van der Waals surface area contributed by atoms with E-state index in [1.165, 1.54) is 18.9 Å². The molecule has 1 aliphatic carbocycles. The average Bonchev–Trinajstić information content (AvgIpc) is 3.32. The third-order valence-electron chi connectivity index (χ3n) is 4.35. The Balaban J connectivity index is 1.66. The smallest absolute Gasteiger partial charge is 0.214 e. The second-order valence-electron chi connectivity index (χ2n) is 5.87. The number of piperazine rings is 1. The summed E-state index contributed by atoms with van der Waals surface area (Å²) in [6.45, 7) is 2.99. The van der Waals surface area contributed by atoms with Crippen molar-refractivity contribution in [3.8, 4) is 5.88 Å². The number of nitrogens with zero attached hydrogens (tertiary/aromatic N) is 3. The van der Waals surface area contributed by atoms with Crippen LogP contribution in [0.25, 0.3) is 11.0 Å². The number of anilines is 1. The lowest BCUT2D eigenvalue weighted by Crippen LogP contribution is -2.51. The standard InChI is InChI=1S/C15H17ClN4O/c16-12-6-14(21)19-15-11(12)5-10(7-18-15)20-4-3-17-13(8-20)9-1-2-9/h5-7,9,13,17H,1-4,8H2,(H,18,19,21). The Morgan fingerprint density at radius 3 is 3.00 bits per heavy atom. The number of fused-ring (bicyclic) bond motifs is 1. The molecule has 4 rings (SSSR count). The fourth-order valence-electron chi connectivity index (χ4n) is 3.04. The van der Waals surface area contributed by atoms with Gasteiger partial charge in [0.2, 0.25) is 5.88 Å². The molecule has 1 aliphatic heterocycles. The molecule has 2 aromatic rings. The van der Waals surface area contributed by atoms with Crippen molar-refractivity contribution in [2.24, 2.45) is 5.92 Å². The summed E-state index contributed by atoms with van der Waals surface area (Å²) >= 11 is 6.19. The van der Waals surface area contributed by atoms with E-state index < -0.39 is 0 Å². The van der Waals surface area contributed by atoms with Gasteiger partial charge in [-0.05, 0) is 24.8 Å². The van der Waals surface area contributed by atoms with Crippen LogP contribution in [0.5, 0.6) is 5.88 Å². The lowest BCUT2D eigenvalue weighted by Gasteiger charge is -2.35. The first-order chi connectivity index (χ1) is 10.2. The molecule has 21 heavy (non-hydrogen) atoms. The lowest BCUT2D eigenvalue weighted by atomic mass is 10.1. The number of nitrogens with one attached hydrogen (secondary N) is 1. The number of hydrogen-bond donors (Lipinski definition) is 2. The number of halogens is 1. The molecule has 2 N–H and O–H groups in total. The van der Waals surface area contributed by atoms with Crippen LogP contribution in [-0.4, -0.2) is 40.8 Å². The zero-order valence-electron chi connectivity index (χ0n) is 11.6. The Morgan fingerprint density at radius 1 is 1.33 bits per heavy atom. The number of pyridine rings is 2. The molecule has 1 saturated heterocycles. The molecule has 0 spiro atoms. The van der Waals surface area contributed by atoms with Gasteiger partial charge in [0.05, 0.1) is 16.9 Å². The fourth-order valence-corrected chi connectivity index (χ4v) is 3.28. The van der Waals surface area contributed by atoms with Crippen LogP contribution in [0, 0.1) is 5.92 Å². The summed E-state index contributed by atoms with van der Waals surface area (Å²) in [4.78, 5) is 10.7. The van der Waals surface area contributed by atoms with Crippen molar-refractivity contribution in [3.63, 3.8) is 0 Å². The highest BCUT2D eigenvalue weighted by Crippen LogP contribution is 2.35. The molecule has 0 aromatic carbocycles. The summed E-state index contributed by atoms with van der Waals surface area (Å²) in [6.07, 6.45) is 4.51. The topological polar surface area (TPSA) is 61.3 Å². The van der Waals surface area contributed by atoms with E-state index in [1.807, 2.05) is 12.3 Å². The van der Waals surface area contributed by atoms with Gasteiger partial charge < -0.3 is 15.3 Å². The first-order valence-corrected chi connectivity index (χ1v) is 7.72. The Labute approximate surface area is 128 Å². The SMILES string of the molecule is Oc1cc(Cl)c2cc(N3CCNC(C4CC4)C3)cnc2n1. The van der Waals surface area contributed by atoms with Crippen molar-refractivity contribution in [2.45, 2.75) is 18.9 Å². The van der Waals surface area contributed by atoms with Crippen molar-refractivity contribution in [1.29, 1.82) is 0 Å². The maximum absolute atomic E-state index is 9.48. The van der Waals surface area contributed by atoms with Gasteiger partial charge >= 0.3 is 0 Å². The highest BCUT2D eigenvalue weighted by atomic mass is 35.5. The minimum atomic E-state index is -0.0938. The Kier molecular flexibility index (Phi) is 3.12. The largest absolute Gasteiger partial charge is 0.493 e. The second kappa shape index (κ2) is 5.00. The molecule has 0 radical (unpaired) electrons. The average molecular weight is 305 g/mol. The maximum atomic E-state index is 9.48. The van der Waals surface area contributed by atoms with Gasteiger partial charge in [-0.3, -0.25) is 0 Å². The summed E-state index contributed by atoms with van der Waals surface area (Å²) in [5.41, 5.74) is 1.56. The Hall–Kier alpha value is -1.59. The maximum Gasteiger partial charge on any atom is 0.214 e. The van der Waals surface area contributed by atoms with E-state index >= 15 is 0 Å². The number of hydrogen-bond acceptors (Lipinski definition) is 5. The van der Waals surface area contributed by atoms with Gasteiger partial charge in [-0.1, -0.05) is 11.6 Å². The normalized spacial score (nSPS) is 22.7. The van der Waals surface area contributed by atoms with Crippen molar-refractivity contribution < 1.29 is 5.11 Å². The van der Waals surface area contributed by atoms with Crippen LogP contribution in [0.2, 0.25) is 5.02 Å². The summed E-state index contributed by atoms with van der Waals surface area (Å²) in [5, 5.41) is 14.4. The van der Waals surface area contributed by atoms with E-state index in [4.69, 9.17) is 11.6 Å². The van der Waals surface area contributed by atoms with Crippen molar-refractivity contribution in [2.75, 3.05) is 24.5 Å². The molecule has 1 atom stereocenters. The van der Waals surface area contributed by atoms with E-state index in [9.17, 15) is 5.11 Å². The molecular weight excluding hydrogens is 288 g/mol. The minimum Gasteiger partial charge on any atom is -0.493 e. The predicted octanol–water partition coefficient (Wildman–Crippen LogP) is 2.18. The zero-order valence-corrected chi connectivity index (χ0v) is 12.3. The minimum absolute atomic E-state index is 0.0938. The molecule has 1 unspecified atom stereocenters. The van der Waals surface area contributed by atoms with Crippen LogP contribution in [0.15, 0.2) is 18.3 Å². The number of aromatic hydroxyl groups is 1. The zero-order chi connectivity index (χ0) is 14.4. The summed E-state index contributed by atoms with van der Waals surface area (Å²) in [6, 6.07) is 4.06. The van der Waals surface area contributed by atoms with Crippen molar-refractivity contribution >= 4 is 28.3 Å². The van der Waals surface area contributed by atoms with Crippen LogP contribution < -0.4 is 10.2 Å². The van der Waals surface area contributed by atoms with Crippen molar-refractivity contribution in [3.05, 3.63) is 23.4 Å². The molecule has 0 bridgehead atoms. The van der Waals surface area contributed by atoms with Crippen LogP contribution in [-0.2, 0) is 0 Å². The molecule has 1 saturated carbocycles. The molecule has 0 amide bonds. The summed E-state index contributed by atoms with van der Waals surface area (Å²) < 4.78 is 0. The first kappa shape index (κ1) is 13.1. The van der Waals surface area contributed by atoms with Gasteiger partial charge in [0.1, 0.15) is 0 Å². The highest BCUT2D eigenvalue weighted by molar-refractivity contribution is 6.35. The highest BCUT2D eigenvalue weighted by Gasteiger charge is 2.34. The lowest BCUT2D eigenvalue weighted by molar-refractivity contribution is 0.419. The van der Waals surface area contributed by atoms with Crippen LogP contribution in [0.3, 0.4) is 0 Å². The van der Waals surface area contributed by atoms with Crippen LogP contribution >= 0.6 is 11.6 Å². The molecule has 6 heteroatoms. The van der Waals surface area contributed by atoms with E-state index in [0.29, 0.717) is 16.7 Å². The van der Waals surface area contributed by atoms with Gasteiger partial charge in [-0.25, -0.2) is 4.98 Å². The monoisotopic (exact) mass is 304 g/mol. The summed E-state index contributed by atoms with van der Waals surface area (Å²) in [7, 11) is 0. The van der Waals surface area contributed by atoms with Crippen LogP contribution in [0.1, 0.15) is 12.8 Å². The van der Waals surface area contributed by atoms with Gasteiger partial charge in [0.25, 0.3) is 0 Å². The van der Waals surface area contributed by atoms with Gasteiger partial charge in [0, 0.05) is 37.1 Å². The van der Waals surface area contributed by atoms with Gasteiger partial charge in [-0.2, -0.15) is 4.98 Å². The van der Waals surface area contributed by atoms with E-state index in [2.05, 4.69) is 20.2 Å². The molecule has 2 fully saturated rings. The van der Waals surface area contributed by atoms with Crippen molar-refractivity contribution in [1.82, 2.24) is 15.3 Å². The molecule has 5 nitrogen and oxygen atoms in total. The fraction of sp³-hybridized carbons (Fsp3) is 0.467.